The van der Waals surface area contributed by atoms with Gasteiger partial charge in [-0.05, 0) is 25.7 Å². The van der Waals surface area contributed by atoms with Gasteiger partial charge in [-0.1, -0.05) is 6.92 Å². The Bertz CT molecular complexity index is 178. The summed E-state index contributed by atoms with van der Waals surface area (Å²) in [5.41, 5.74) is 5.52. The zero-order valence-electron chi connectivity index (χ0n) is 8.70. The van der Waals surface area contributed by atoms with Crippen LogP contribution in [-0.2, 0) is 14.3 Å². The molecule has 0 aliphatic carbocycles. The summed E-state index contributed by atoms with van der Waals surface area (Å²) >= 11 is 0. The van der Waals surface area contributed by atoms with E-state index >= 15 is 0 Å². The van der Waals surface area contributed by atoms with Crippen LogP contribution in [0, 0.1) is 0 Å². The molecule has 0 amide bonds. The van der Waals surface area contributed by atoms with Crippen molar-refractivity contribution >= 4 is 5.97 Å². The molecule has 1 heterocycles. The van der Waals surface area contributed by atoms with E-state index in [0.717, 1.165) is 25.9 Å². The predicted octanol–water partition coefficient (Wildman–Crippen LogP) is 0.836. The average Bonchev–Trinajstić information content (AvgIpc) is 2.26. The van der Waals surface area contributed by atoms with Gasteiger partial charge in [0.2, 0.25) is 0 Å². The van der Waals surface area contributed by atoms with E-state index in [1.807, 2.05) is 6.92 Å². The second kappa shape index (κ2) is 5.98. The van der Waals surface area contributed by atoms with Gasteiger partial charge in [-0.2, -0.15) is 0 Å². The zero-order valence-corrected chi connectivity index (χ0v) is 8.70. The Morgan fingerprint density at radius 2 is 2.43 bits per heavy atom. The molecule has 82 valence electrons. The molecule has 0 aromatic carbocycles. The van der Waals surface area contributed by atoms with Crippen molar-refractivity contribution < 1.29 is 14.3 Å². The van der Waals surface area contributed by atoms with Crippen molar-refractivity contribution in [1.29, 1.82) is 0 Å². The lowest BCUT2D eigenvalue weighted by Crippen LogP contribution is -2.34. The minimum Gasteiger partial charge on any atom is -0.462 e. The number of ether oxygens (including phenoxy) is 2. The summed E-state index contributed by atoms with van der Waals surface area (Å²) in [6.45, 7) is 3.00. The smallest absolute Gasteiger partial charge is 0.322 e. The summed E-state index contributed by atoms with van der Waals surface area (Å²) in [4.78, 5) is 11.2. The fraction of sp³-hybridized carbons (Fsp3) is 0.900. The van der Waals surface area contributed by atoms with Crippen molar-refractivity contribution in [2.75, 3.05) is 13.2 Å². The Hall–Kier alpha value is -0.610. The number of carbonyl (C=O) groups excluding carboxylic acids is 1. The molecule has 0 spiro atoms. The lowest BCUT2D eigenvalue weighted by molar-refractivity contribution is -0.150. The fourth-order valence-electron chi connectivity index (χ4n) is 1.39. The standard InChI is InChI=1S/C10H19NO3/c1-2-9(11)10(12)14-7-8-5-3-4-6-13-8/h8-9H,2-7,11H2,1H3. The maximum Gasteiger partial charge on any atom is 0.322 e. The maximum absolute atomic E-state index is 11.2. The molecule has 2 unspecified atom stereocenters. The van der Waals surface area contributed by atoms with Gasteiger partial charge in [-0.15, -0.1) is 0 Å². The molecular formula is C10H19NO3. The van der Waals surface area contributed by atoms with Crippen molar-refractivity contribution in [1.82, 2.24) is 0 Å². The topological polar surface area (TPSA) is 61.6 Å². The highest BCUT2D eigenvalue weighted by molar-refractivity contribution is 5.75. The largest absolute Gasteiger partial charge is 0.462 e. The van der Waals surface area contributed by atoms with Gasteiger partial charge in [-0.25, -0.2) is 0 Å². The molecule has 0 aromatic rings. The monoisotopic (exact) mass is 201 g/mol. The van der Waals surface area contributed by atoms with Crippen LogP contribution in [0.4, 0.5) is 0 Å². The van der Waals surface area contributed by atoms with Crippen LogP contribution in [0.3, 0.4) is 0 Å². The third-order valence-electron chi connectivity index (χ3n) is 2.43. The normalized spacial score (nSPS) is 24.3. The van der Waals surface area contributed by atoms with Gasteiger partial charge < -0.3 is 15.2 Å². The maximum atomic E-state index is 11.2. The van der Waals surface area contributed by atoms with Crippen LogP contribution in [0.5, 0.6) is 0 Å². The van der Waals surface area contributed by atoms with E-state index < -0.39 is 6.04 Å². The molecule has 1 rings (SSSR count). The molecule has 0 aromatic heterocycles. The Morgan fingerprint density at radius 3 is 3.00 bits per heavy atom. The van der Waals surface area contributed by atoms with E-state index in [1.54, 1.807) is 0 Å². The minimum absolute atomic E-state index is 0.0803. The lowest BCUT2D eigenvalue weighted by Gasteiger charge is -2.22. The third kappa shape index (κ3) is 3.64. The number of carbonyl (C=O) groups is 1. The number of nitrogens with two attached hydrogens (primary N) is 1. The summed E-state index contributed by atoms with van der Waals surface area (Å²) < 4.78 is 10.5. The van der Waals surface area contributed by atoms with Gasteiger partial charge in [0, 0.05) is 6.61 Å². The SMILES string of the molecule is CCC(N)C(=O)OCC1CCCCO1. The van der Waals surface area contributed by atoms with Crippen molar-refractivity contribution in [2.45, 2.75) is 44.8 Å². The summed E-state index contributed by atoms with van der Waals surface area (Å²) in [5, 5.41) is 0. The third-order valence-corrected chi connectivity index (χ3v) is 2.43. The quantitative estimate of drug-likeness (QED) is 0.684. The first-order chi connectivity index (χ1) is 6.74. The highest BCUT2D eigenvalue weighted by Gasteiger charge is 2.18. The summed E-state index contributed by atoms with van der Waals surface area (Å²) in [5.74, 6) is -0.318. The Balaban J connectivity index is 2.15. The van der Waals surface area contributed by atoms with Gasteiger partial charge in [0.25, 0.3) is 0 Å². The molecule has 0 bridgehead atoms. The second-order valence-electron chi connectivity index (χ2n) is 3.63. The Morgan fingerprint density at radius 1 is 1.64 bits per heavy atom. The number of hydrogen-bond donors (Lipinski definition) is 1. The van der Waals surface area contributed by atoms with Crippen molar-refractivity contribution in [3.05, 3.63) is 0 Å². The van der Waals surface area contributed by atoms with E-state index in [2.05, 4.69) is 0 Å². The van der Waals surface area contributed by atoms with Gasteiger partial charge in [0.15, 0.2) is 0 Å². The predicted molar refractivity (Wildman–Crippen MR) is 52.8 cm³/mol. The van der Waals surface area contributed by atoms with Gasteiger partial charge in [0.1, 0.15) is 12.6 Å². The molecule has 14 heavy (non-hydrogen) atoms. The van der Waals surface area contributed by atoms with Crippen LogP contribution >= 0.6 is 0 Å². The average molecular weight is 201 g/mol. The Kier molecular flexibility index (Phi) is 4.90. The van der Waals surface area contributed by atoms with Crippen LogP contribution in [0.2, 0.25) is 0 Å². The molecule has 4 heteroatoms. The van der Waals surface area contributed by atoms with E-state index in [9.17, 15) is 4.79 Å². The highest BCUT2D eigenvalue weighted by Crippen LogP contribution is 2.12. The first kappa shape index (κ1) is 11.5. The number of esters is 1. The Labute approximate surface area is 84.7 Å². The van der Waals surface area contributed by atoms with E-state index in [4.69, 9.17) is 15.2 Å². The second-order valence-corrected chi connectivity index (χ2v) is 3.63. The van der Waals surface area contributed by atoms with Crippen molar-refractivity contribution in [2.24, 2.45) is 5.73 Å². The first-order valence-corrected chi connectivity index (χ1v) is 5.28. The van der Waals surface area contributed by atoms with Crippen molar-refractivity contribution in [3.8, 4) is 0 Å². The van der Waals surface area contributed by atoms with Gasteiger partial charge in [0.05, 0.1) is 6.10 Å². The highest BCUT2D eigenvalue weighted by atomic mass is 16.6. The number of rotatable bonds is 4. The molecular weight excluding hydrogens is 182 g/mol. The molecule has 0 radical (unpaired) electrons. The molecule has 2 N–H and O–H groups in total. The fourth-order valence-corrected chi connectivity index (χ4v) is 1.39. The zero-order chi connectivity index (χ0) is 10.4. The number of hydrogen-bond acceptors (Lipinski definition) is 4. The van der Waals surface area contributed by atoms with Crippen LogP contribution in [0.15, 0.2) is 0 Å². The van der Waals surface area contributed by atoms with Crippen LogP contribution < -0.4 is 5.73 Å². The van der Waals surface area contributed by atoms with Crippen molar-refractivity contribution in [3.63, 3.8) is 0 Å². The van der Waals surface area contributed by atoms with E-state index in [-0.39, 0.29) is 12.1 Å². The molecule has 1 aliphatic rings. The first-order valence-electron chi connectivity index (χ1n) is 5.28. The van der Waals surface area contributed by atoms with Gasteiger partial charge >= 0.3 is 5.97 Å². The summed E-state index contributed by atoms with van der Waals surface area (Å²) in [6, 6.07) is -0.487. The summed E-state index contributed by atoms with van der Waals surface area (Å²) in [7, 11) is 0. The molecule has 0 saturated carbocycles. The molecule has 1 aliphatic heterocycles. The van der Waals surface area contributed by atoms with E-state index in [0.29, 0.717) is 13.0 Å². The summed E-state index contributed by atoms with van der Waals surface area (Å²) in [6.07, 6.45) is 3.94. The van der Waals surface area contributed by atoms with Crippen LogP contribution in [-0.4, -0.2) is 31.3 Å². The molecule has 2 atom stereocenters. The molecule has 4 nitrogen and oxygen atoms in total. The molecule has 1 fully saturated rings. The minimum atomic E-state index is -0.487. The molecule has 1 saturated heterocycles. The van der Waals surface area contributed by atoms with Crippen LogP contribution in [0.25, 0.3) is 0 Å². The van der Waals surface area contributed by atoms with Crippen LogP contribution in [0.1, 0.15) is 32.6 Å². The lowest BCUT2D eigenvalue weighted by atomic mass is 10.1. The van der Waals surface area contributed by atoms with E-state index in [1.165, 1.54) is 0 Å². The van der Waals surface area contributed by atoms with Gasteiger partial charge in [-0.3, -0.25) is 4.79 Å².